The fourth-order valence-electron chi connectivity index (χ4n) is 2.25. The highest BCUT2D eigenvalue weighted by Crippen LogP contribution is 2.14. The Bertz CT molecular complexity index is 569. The molecule has 1 N–H and O–H groups in total. The van der Waals surface area contributed by atoms with Crippen molar-refractivity contribution in [3.63, 3.8) is 0 Å². The SMILES string of the molecule is Cc1ccc(OCC(C)NC(C)c2nccnc2C)cc1. The molecule has 112 valence electrons. The van der Waals surface area contributed by atoms with E-state index in [0.29, 0.717) is 6.61 Å². The number of ether oxygens (including phenoxy) is 1. The molecule has 0 aliphatic heterocycles. The van der Waals surface area contributed by atoms with Crippen molar-refractivity contribution in [3.8, 4) is 5.75 Å². The number of aromatic nitrogens is 2. The van der Waals surface area contributed by atoms with Gasteiger partial charge in [0, 0.05) is 24.5 Å². The second-order valence-corrected chi connectivity index (χ2v) is 5.44. The number of nitrogens with one attached hydrogen (secondary N) is 1. The van der Waals surface area contributed by atoms with Gasteiger partial charge in [-0.15, -0.1) is 0 Å². The molecular formula is C17H23N3O. The maximum absolute atomic E-state index is 5.79. The number of hydrogen-bond donors (Lipinski definition) is 1. The lowest BCUT2D eigenvalue weighted by Crippen LogP contribution is -2.34. The molecule has 2 atom stereocenters. The lowest BCUT2D eigenvalue weighted by atomic mass is 10.1. The van der Waals surface area contributed by atoms with Crippen molar-refractivity contribution in [3.05, 3.63) is 53.6 Å². The Morgan fingerprint density at radius 2 is 1.71 bits per heavy atom. The van der Waals surface area contributed by atoms with E-state index in [9.17, 15) is 0 Å². The van der Waals surface area contributed by atoms with Gasteiger partial charge in [0.1, 0.15) is 12.4 Å². The summed E-state index contributed by atoms with van der Waals surface area (Å²) in [6.45, 7) is 8.87. The van der Waals surface area contributed by atoms with Crippen molar-refractivity contribution in [1.29, 1.82) is 0 Å². The van der Waals surface area contributed by atoms with Crippen LogP contribution >= 0.6 is 0 Å². The van der Waals surface area contributed by atoms with Crippen LogP contribution < -0.4 is 10.1 Å². The van der Waals surface area contributed by atoms with E-state index in [1.54, 1.807) is 12.4 Å². The lowest BCUT2D eigenvalue weighted by molar-refractivity contribution is 0.263. The topological polar surface area (TPSA) is 47.0 Å². The highest BCUT2D eigenvalue weighted by Gasteiger charge is 2.13. The fraction of sp³-hybridized carbons (Fsp3) is 0.412. The van der Waals surface area contributed by atoms with E-state index in [1.165, 1.54) is 5.56 Å². The highest BCUT2D eigenvalue weighted by molar-refractivity contribution is 5.26. The van der Waals surface area contributed by atoms with E-state index in [2.05, 4.69) is 48.2 Å². The predicted octanol–water partition coefficient (Wildman–Crippen LogP) is 3.21. The molecule has 4 nitrogen and oxygen atoms in total. The first kappa shape index (κ1) is 15.4. The second-order valence-electron chi connectivity index (χ2n) is 5.44. The van der Waals surface area contributed by atoms with Crippen LogP contribution in [0.15, 0.2) is 36.7 Å². The molecule has 2 rings (SSSR count). The normalized spacial score (nSPS) is 13.7. The predicted molar refractivity (Wildman–Crippen MR) is 84.5 cm³/mol. The molecule has 0 spiro atoms. The average molecular weight is 285 g/mol. The number of benzene rings is 1. The summed E-state index contributed by atoms with van der Waals surface area (Å²) in [5, 5.41) is 3.49. The third-order valence-electron chi connectivity index (χ3n) is 3.38. The standard InChI is InChI=1S/C17H23N3O/c1-12-5-7-16(8-6-12)21-11-13(2)20-15(4)17-14(3)18-9-10-19-17/h5-10,13,15,20H,11H2,1-4H3. The summed E-state index contributed by atoms with van der Waals surface area (Å²) in [5.41, 5.74) is 3.18. The van der Waals surface area contributed by atoms with Crippen LogP contribution in [0, 0.1) is 13.8 Å². The molecule has 1 heterocycles. The lowest BCUT2D eigenvalue weighted by Gasteiger charge is -2.20. The first-order valence-electron chi connectivity index (χ1n) is 7.29. The Hall–Kier alpha value is -1.94. The molecule has 0 bridgehead atoms. The molecule has 0 aliphatic rings. The molecular weight excluding hydrogens is 262 g/mol. The summed E-state index contributed by atoms with van der Waals surface area (Å²) in [5.74, 6) is 0.901. The molecule has 2 unspecified atom stereocenters. The molecule has 0 aliphatic carbocycles. The number of aryl methyl sites for hydroxylation is 2. The minimum Gasteiger partial charge on any atom is -0.492 e. The Morgan fingerprint density at radius 1 is 1.05 bits per heavy atom. The number of rotatable bonds is 6. The maximum atomic E-state index is 5.79. The van der Waals surface area contributed by atoms with Crippen LogP contribution in [0.3, 0.4) is 0 Å². The van der Waals surface area contributed by atoms with E-state index in [0.717, 1.165) is 17.1 Å². The van der Waals surface area contributed by atoms with Crippen molar-refractivity contribution < 1.29 is 4.74 Å². The summed E-state index contributed by atoms with van der Waals surface area (Å²) in [7, 11) is 0. The summed E-state index contributed by atoms with van der Waals surface area (Å²) in [4.78, 5) is 8.67. The second kappa shape index (κ2) is 7.18. The van der Waals surface area contributed by atoms with E-state index in [-0.39, 0.29) is 12.1 Å². The van der Waals surface area contributed by atoms with Crippen LogP contribution in [0.4, 0.5) is 0 Å². The Kier molecular flexibility index (Phi) is 5.28. The molecule has 1 aromatic heterocycles. The molecule has 1 aromatic carbocycles. The average Bonchev–Trinajstić information content (AvgIpc) is 2.47. The van der Waals surface area contributed by atoms with Crippen LogP contribution in [0.5, 0.6) is 5.75 Å². The summed E-state index contributed by atoms with van der Waals surface area (Å²) in [6.07, 6.45) is 3.45. The molecule has 0 radical (unpaired) electrons. The third-order valence-corrected chi connectivity index (χ3v) is 3.38. The van der Waals surface area contributed by atoms with E-state index < -0.39 is 0 Å². The zero-order valence-electron chi connectivity index (χ0n) is 13.1. The van der Waals surface area contributed by atoms with Crippen molar-refractivity contribution in [2.45, 2.75) is 39.8 Å². The van der Waals surface area contributed by atoms with Crippen molar-refractivity contribution in [2.24, 2.45) is 0 Å². The van der Waals surface area contributed by atoms with Gasteiger partial charge in [0.15, 0.2) is 0 Å². The van der Waals surface area contributed by atoms with Gasteiger partial charge in [-0.1, -0.05) is 17.7 Å². The molecule has 21 heavy (non-hydrogen) atoms. The van der Waals surface area contributed by atoms with Crippen LogP contribution in [-0.4, -0.2) is 22.6 Å². The van der Waals surface area contributed by atoms with Gasteiger partial charge in [-0.05, 0) is 39.8 Å². The van der Waals surface area contributed by atoms with Crippen LogP contribution in [-0.2, 0) is 0 Å². The van der Waals surface area contributed by atoms with Gasteiger partial charge in [-0.25, -0.2) is 0 Å². The van der Waals surface area contributed by atoms with Gasteiger partial charge in [-0.2, -0.15) is 0 Å². The van der Waals surface area contributed by atoms with E-state index in [1.807, 2.05) is 19.1 Å². The van der Waals surface area contributed by atoms with Crippen molar-refractivity contribution in [2.75, 3.05) is 6.61 Å². The molecule has 0 fully saturated rings. The highest BCUT2D eigenvalue weighted by atomic mass is 16.5. The summed E-state index contributed by atoms with van der Waals surface area (Å²) >= 11 is 0. The van der Waals surface area contributed by atoms with Gasteiger partial charge in [-0.3, -0.25) is 9.97 Å². The molecule has 4 heteroatoms. The minimum absolute atomic E-state index is 0.148. The van der Waals surface area contributed by atoms with Gasteiger partial charge in [0.25, 0.3) is 0 Å². The van der Waals surface area contributed by atoms with E-state index in [4.69, 9.17) is 4.74 Å². The van der Waals surface area contributed by atoms with Gasteiger partial charge in [0.2, 0.25) is 0 Å². The van der Waals surface area contributed by atoms with Crippen molar-refractivity contribution in [1.82, 2.24) is 15.3 Å². The Balaban J connectivity index is 1.85. The van der Waals surface area contributed by atoms with Crippen LogP contribution in [0.2, 0.25) is 0 Å². The Labute approximate surface area is 126 Å². The molecule has 0 saturated carbocycles. The molecule has 2 aromatic rings. The number of hydrogen-bond acceptors (Lipinski definition) is 4. The molecule has 0 amide bonds. The smallest absolute Gasteiger partial charge is 0.119 e. The zero-order valence-corrected chi connectivity index (χ0v) is 13.1. The van der Waals surface area contributed by atoms with Crippen molar-refractivity contribution >= 4 is 0 Å². The first-order chi connectivity index (χ1) is 10.1. The van der Waals surface area contributed by atoms with Crippen LogP contribution in [0.1, 0.15) is 36.8 Å². The van der Waals surface area contributed by atoms with Gasteiger partial charge < -0.3 is 10.1 Å². The maximum Gasteiger partial charge on any atom is 0.119 e. The third kappa shape index (κ3) is 4.53. The monoisotopic (exact) mass is 285 g/mol. The quantitative estimate of drug-likeness (QED) is 0.885. The fourth-order valence-corrected chi connectivity index (χ4v) is 2.25. The molecule has 0 saturated heterocycles. The summed E-state index contributed by atoms with van der Waals surface area (Å²) in [6, 6.07) is 8.48. The van der Waals surface area contributed by atoms with E-state index >= 15 is 0 Å². The number of nitrogens with zero attached hydrogens (tertiary/aromatic N) is 2. The van der Waals surface area contributed by atoms with Gasteiger partial charge in [0.05, 0.1) is 11.4 Å². The minimum atomic E-state index is 0.148. The first-order valence-corrected chi connectivity index (χ1v) is 7.29. The largest absolute Gasteiger partial charge is 0.492 e. The Morgan fingerprint density at radius 3 is 2.38 bits per heavy atom. The summed E-state index contributed by atoms with van der Waals surface area (Å²) < 4.78 is 5.79. The van der Waals surface area contributed by atoms with Gasteiger partial charge >= 0.3 is 0 Å². The zero-order chi connectivity index (χ0) is 15.2. The van der Waals surface area contributed by atoms with Crippen LogP contribution in [0.25, 0.3) is 0 Å².